The van der Waals surface area contributed by atoms with Crippen LogP contribution in [0.1, 0.15) is 32.1 Å². The van der Waals surface area contributed by atoms with Crippen molar-refractivity contribution in [3.63, 3.8) is 0 Å². The minimum atomic E-state index is -0.336. The van der Waals surface area contributed by atoms with E-state index in [2.05, 4.69) is 9.80 Å². The summed E-state index contributed by atoms with van der Waals surface area (Å²) in [6, 6.07) is 0.325. The van der Waals surface area contributed by atoms with Gasteiger partial charge in [0.15, 0.2) is 0 Å². The van der Waals surface area contributed by atoms with Crippen LogP contribution in [-0.4, -0.2) is 98.3 Å². The van der Waals surface area contributed by atoms with Crippen LogP contribution in [0.2, 0.25) is 0 Å². The Bertz CT molecular complexity index is 531. The van der Waals surface area contributed by atoms with Crippen LogP contribution in [0.5, 0.6) is 0 Å². The molecule has 4 fully saturated rings. The van der Waals surface area contributed by atoms with E-state index in [0.29, 0.717) is 32.3 Å². The summed E-state index contributed by atoms with van der Waals surface area (Å²) < 4.78 is 10.8. The minimum absolute atomic E-state index is 0.166. The maximum absolute atomic E-state index is 13.3. The summed E-state index contributed by atoms with van der Waals surface area (Å²) in [6.07, 6.45) is 4.69. The Labute approximate surface area is 155 Å². The van der Waals surface area contributed by atoms with Crippen LogP contribution in [0.25, 0.3) is 0 Å². The standard InChI is InChI=1S/C19H31N3O4/c23-17(14-20-8-12-26-13-9-20)21-7-5-19(15-21)4-1-6-22(18(19)24)16-2-10-25-11-3-16/h16H,1-15H2/t19-/m0/s1. The summed E-state index contributed by atoms with van der Waals surface area (Å²) in [5, 5.41) is 0. The predicted octanol–water partition coefficient (Wildman–Crippen LogP) is 0.339. The molecule has 2 amide bonds. The van der Waals surface area contributed by atoms with Gasteiger partial charge in [0.1, 0.15) is 0 Å². The Balaban J connectivity index is 1.37. The first kappa shape index (κ1) is 18.2. The summed E-state index contributed by atoms with van der Waals surface area (Å²) in [6.45, 7) is 7.21. The fourth-order valence-corrected chi connectivity index (χ4v) is 4.96. The van der Waals surface area contributed by atoms with E-state index >= 15 is 0 Å². The van der Waals surface area contributed by atoms with Crippen molar-refractivity contribution < 1.29 is 19.1 Å². The molecule has 0 unspecified atom stereocenters. The lowest BCUT2D eigenvalue weighted by Crippen LogP contribution is -2.55. The zero-order valence-electron chi connectivity index (χ0n) is 15.7. The SMILES string of the molecule is O=C(CN1CCOCC1)N1CC[C@@]2(CCCN(C3CCOCC3)C2=O)C1. The maximum atomic E-state index is 13.3. The zero-order chi connectivity index (χ0) is 18.0. The molecule has 1 spiro atoms. The first-order chi connectivity index (χ1) is 12.7. The van der Waals surface area contributed by atoms with E-state index in [4.69, 9.17) is 9.47 Å². The van der Waals surface area contributed by atoms with Crippen LogP contribution >= 0.6 is 0 Å². The average molecular weight is 365 g/mol. The quantitative estimate of drug-likeness (QED) is 0.722. The summed E-state index contributed by atoms with van der Waals surface area (Å²) in [5.74, 6) is 0.456. The Kier molecular flexibility index (Phi) is 5.47. The van der Waals surface area contributed by atoms with Gasteiger partial charge in [-0.05, 0) is 32.1 Å². The van der Waals surface area contributed by atoms with Crippen LogP contribution in [0.15, 0.2) is 0 Å². The normalized spacial score (nSPS) is 31.8. The van der Waals surface area contributed by atoms with Crippen LogP contribution in [-0.2, 0) is 19.1 Å². The fourth-order valence-electron chi connectivity index (χ4n) is 4.96. The summed E-state index contributed by atoms with van der Waals surface area (Å²) >= 11 is 0. The van der Waals surface area contributed by atoms with Crippen molar-refractivity contribution in [3.8, 4) is 0 Å². The predicted molar refractivity (Wildman–Crippen MR) is 95.7 cm³/mol. The molecule has 0 N–H and O–H groups in total. The molecular weight excluding hydrogens is 334 g/mol. The van der Waals surface area contributed by atoms with Crippen LogP contribution in [0, 0.1) is 5.41 Å². The van der Waals surface area contributed by atoms with E-state index in [-0.39, 0.29) is 17.2 Å². The molecule has 0 aromatic heterocycles. The monoisotopic (exact) mass is 365 g/mol. The molecule has 146 valence electrons. The van der Waals surface area contributed by atoms with E-state index < -0.39 is 0 Å². The first-order valence-electron chi connectivity index (χ1n) is 10.1. The number of hydrogen-bond acceptors (Lipinski definition) is 5. The second-order valence-corrected chi connectivity index (χ2v) is 8.18. The van der Waals surface area contributed by atoms with Gasteiger partial charge in [0.2, 0.25) is 11.8 Å². The molecule has 0 saturated carbocycles. The average Bonchev–Trinajstić information content (AvgIpc) is 3.11. The van der Waals surface area contributed by atoms with Gasteiger partial charge in [0, 0.05) is 52.0 Å². The van der Waals surface area contributed by atoms with Crippen molar-refractivity contribution in [2.45, 2.75) is 38.1 Å². The van der Waals surface area contributed by atoms with Crippen LogP contribution in [0.4, 0.5) is 0 Å². The highest BCUT2D eigenvalue weighted by Crippen LogP contribution is 2.41. The number of carbonyl (C=O) groups excluding carboxylic acids is 2. The van der Waals surface area contributed by atoms with Gasteiger partial charge in [0.05, 0.1) is 25.2 Å². The van der Waals surface area contributed by atoms with Crippen molar-refractivity contribution in [2.24, 2.45) is 5.41 Å². The third-order valence-electron chi connectivity index (χ3n) is 6.57. The van der Waals surface area contributed by atoms with Crippen molar-refractivity contribution in [2.75, 3.05) is 65.7 Å². The van der Waals surface area contributed by atoms with Gasteiger partial charge >= 0.3 is 0 Å². The molecule has 4 aliphatic heterocycles. The smallest absolute Gasteiger partial charge is 0.236 e. The molecule has 0 bridgehead atoms. The Hall–Kier alpha value is -1.18. The van der Waals surface area contributed by atoms with Gasteiger partial charge in [-0.1, -0.05) is 0 Å². The number of piperidine rings is 1. The molecule has 0 radical (unpaired) electrons. The number of rotatable bonds is 3. The molecule has 7 nitrogen and oxygen atoms in total. The number of ether oxygens (including phenoxy) is 2. The summed E-state index contributed by atoms with van der Waals surface area (Å²) in [7, 11) is 0. The van der Waals surface area contributed by atoms with E-state index in [9.17, 15) is 9.59 Å². The number of carbonyl (C=O) groups is 2. The van der Waals surface area contributed by atoms with E-state index in [1.165, 1.54) is 0 Å². The largest absolute Gasteiger partial charge is 0.381 e. The molecule has 1 atom stereocenters. The van der Waals surface area contributed by atoms with Crippen molar-refractivity contribution >= 4 is 11.8 Å². The van der Waals surface area contributed by atoms with E-state index in [0.717, 1.165) is 71.5 Å². The third kappa shape index (κ3) is 3.62. The zero-order valence-corrected chi connectivity index (χ0v) is 15.7. The van der Waals surface area contributed by atoms with Crippen molar-refractivity contribution in [1.29, 1.82) is 0 Å². The molecule has 4 saturated heterocycles. The molecular formula is C19H31N3O4. The summed E-state index contributed by atoms with van der Waals surface area (Å²) in [4.78, 5) is 32.3. The van der Waals surface area contributed by atoms with Crippen LogP contribution in [0.3, 0.4) is 0 Å². The van der Waals surface area contributed by atoms with Gasteiger partial charge in [-0.15, -0.1) is 0 Å². The molecule has 4 rings (SSSR count). The highest BCUT2D eigenvalue weighted by Gasteiger charge is 2.50. The maximum Gasteiger partial charge on any atom is 0.236 e. The first-order valence-corrected chi connectivity index (χ1v) is 10.1. The fraction of sp³-hybridized carbons (Fsp3) is 0.895. The second-order valence-electron chi connectivity index (χ2n) is 8.18. The molecule has 7 heteroatoms. The van der Waals surface area contributed by atoms with Gasteiger partial charge in [-0.25, -0.2) is 0 Å². The molecule has 0 aromatic rings. The van der Waals surface area contributed by atoms with Crippen LogP contribution < -0.4 is 0 Å². The Morgan fingerprint density at radius 1 is 1.00 bits per heavy atom. The number of likely N-dealkylation sites (tertiary alicyclic amines) is 2. The molecule has 26 heavy (non-hydrogen) atoms. The van der Waals surface area contributed by atoms with Crippen molar-refractivity contribution in [1.82, 2.24) is 14.7 Å². The van der Waals surface area contributed by atoms with Gasteiger partial charge < -0.3 is 19.3 Å². The highest BCUT2D eigenvalue weighted by atomic mass is 16.5. The molecule has 0 aromatic carbocycles. The highest BCUT2D eigenvalue weighted by molar-refractivity contribution is 5.86. The van der Waals surface area contributed by atoms with E-state index in [1.807, 2.05) is 4.90 Å². The van der Waals surface area contributed by atoms with Crippen molar-refractivity contribution in [3.05, 3.63) is 0 Å². The molecule has 4 heterocycles. The number of hydrogen-bond donors (Lipinski definition) is 0. The minimum Gasteiger partial charge on any atom is -0.381 e. The Morgan fingerprint density at radius 2 is 1.73 bits per heavy atom. The lowest BCUT2D eigenvalue weighted by molar-refractivity contribution is -0.151. The number of nitrogens with zero attached hydrogens (tertiary/aromatic N) is 3. The van der Waals surface area contributed by atoms with Gasteiger partial charge in [-0.2, -0.15) is 0 Å². The number of amides is 2. The Morgan fingerprint density at radius 3 is 2.50 bits per heavy atom. The summed E-state index contributed by atoms with van der Waals surface area (Å²) in [5.41, 5.74) is -0.336. The number of morpholine rings is 1. The molecule has 4 aliphatic rings. The van der Waals surface area contributed by atoms with Gasteiger partial charge in [0.25, 0.3) is 0 Å². The lowest BCUT2D eigenvalue weighted by atomic mass is 9.77. The third-order valence-corrected chi connectivity index (χ3v) is 6.57. The second kappa shape index (κ2) is 7.82. The topological polar surface area (TPSA) is 62.3 Å². The lowest BCUT2D eigenvalue weighted by Gasteiger charge is -2.44. The van der Waals surface area contributed by atoms with E-state index in [1.54, 1.807) is 0 Å². The molecule has 0 aliphatic carbocycles. The van der Waals surface area contributed by atoms with Gasteiger partial charge in [-0.3, -0.25) is 14.5 Å².